The van der Waals surface area contributed by atoms with Crippen LogP contribution in [0.25, 0.3) is 0 Å². The van der Waals surface area contributed by atoms with Gasteiger partial charge >= 0.3 is 26.1 Å². The molecule has 1 rings (SSSR count). The molecule has 1 amide bonds. The van der Waals surface area contributed by atoms with Crippen LogP contribution in [0.1, 0.15) is 38.2 Å². The summed E-state index contributed by atoms with van der Waals surface area (Å²) >= 11 is 0. The van der Waals surface area contributed by atoms with E-state index in [2.05, 4.69) is 5.32 Å². The molecule has 0 saturated heterocycles. The molecule has 2 N–H and O–H groups in total. The number of hydrogen-bond acceptors (Lipinski definition) is 7. The Kier molecular flexibility index (Phi) is 10.9. The normalized spacial score (nSPS) is 14.2. The SMILES string of the molecule is CCC(C)C(C(=O)OCOC(=O)NC(CCO[P+](C)=O)C(=O)O)c1ccccc1. The molecular weight excluding hydrogens is 401 g/mol. The zero-order valence-corrected chi connectivity index (χ0v) is 17.6. The molecule has 0 fully saturated rings. The second kappa shape index (κ2) is 12.9. The van der Waals surface area contributed by atoms with Crippen LogP contribution in [0.2, 0.25) is 0 Å². The minimum atomic E-state index is -1.86. The Hall–Kier alpha value is -2.51. The molecule has 1 aromatic carbocycles. The number of rotatable bonds is 12. The van der Waals surface area contributed by atoms with Gasteiger partial charge in [0.25, 0.3) is 0 Å². The van der Waals surface area contributed by atoms with Crippen molar-refractivity contribution in [1.29, 1.82) is 0 Å². The van der Waals surface area contributed by atoms with Crippen LogP contribution in [-0.4, -0.2) is 49.2 Å². The van der Waals surface area contributed by atoms with E-state index in [4.69, 9.17) is 19.1 Å². The van der Waals surface area contributed by atoms with Gasteiger partial charge in [-0.15, -0.1) is 4.52 Å². The van der Waals surface area contributed by atoms with Gasteiger partial charge in [0.15, 0.2) is 6.66 Å². The molecule has 0 aliphatic rings. The largest absolute Gasteiger partial charge is 0.504 e. The van der Waals surface area contributed by atoms with Gasteiger partial charge in [0.05, 0.1) is 5.92 Å². The Labute approximate surface area is 170 Å². The second-order valence-corrected chi connectivity index (χ2v) is 7.52. The maximum absolute atomic E-state index is 12.5. The predicted octanol–water partition coefficient (Wildman–Crippen LogP) is 3.28. The summed E-state index contributed by atoms with van der Waals surface area (Å²) in [7, 11) is -1.86. The van der Waals surface area contributed by atoms with Gasteiger partial charge in [0.2, 0.25) is 6.79 Å². The van der Waals surface area contributed by atoms with Gasteiger partial charge in [-0.1, -0.05) is 50.6 Å². The standard InChI is InChI=1S/C19H26NO8P/c1-4-13(2)16(14-8-6-5-7-9-14)18(23)26-12-27-19(24)20-15(17(21)22)10-11-28-29(3)25/h5-9,13,15-16H,4,10-12H2,1-3H3,(H-,20,21,22,24)/p+1. The number of ether oxygens (including phenoxy) is 2. The molecule has 1 aromatic rings. The number of benzene rings is 1. The van der Waals surface area contributed by atoms with E-state index in [0.29, 0.717) is 0 Å². The number of amides is 1. The van der Waals surface area contributed by atoms with Gasteiger partial charge < -0.3 is 19.9 Å². The van der Waals surface area contributed by atoms with Crippen molar-refractivity contribution in [3.05, 3.63) is 35.9 Å². The lowest BCUT2D eigenvalue weighted by Gasteiger charge is -2.22. The Balaban J connectivity index is 2.54. The number of carboxylic acid groups (broad SMARTS) is 1. The number of hydrogen-bond donors (Lipinski definition) is 2. The highest BCUT2D eigenvalue weighted by Gasteiger charge is 2.28. The van der Waals surface area contributed by atoms with Crippen molar-refractivity contribution in [1.82, 2.24) is 5.32 Å². The van der Waals surface area contributed by atoms with E-state index in [1.807, 2.05) is 44.2 Å². The smallest absolute Gasteiger partial charge is 0.480 e. The molecular formula is C19H27NO8P+. The summed E-state index contributed by atoms with van der Waals surface area (Å²) in [6.07, 6.45) is -0.392. The lowest BCUT2D eigenvalue weighted by molar-refractivity contribution is -0.155. The maximum Gasteiger partial charge on any atom is 0.504 e. The summed E-state index contributed by atoms with van der Waals surface area (Å²) in [4.78, 5) is 35.4. The molecule has 0 aromatic heterocycles. The molecule has 0 aliphatic heterocycles. The van der Waals surface area contributed by atoms with E-state index in [9.17, 15) is 18.9 Å². The highest BCUT2D eigenvalue weighted by Crippen LogP contribution is 2.28. The number of esters is 1. The predicted molar refractivity (Wildman–Crippen MR) is 105 cm³/mol. The van der Waals surface area contributed by atoms with Crippen molar-refractivity contribution in [2.45, 2.75) is 38.6 Å². The molecule has 29 heavy (non-hydrogen) atoms. The summed E-state index contributed by atoms with van der Waals surface area (Å²) in [5.41, 5.74) is 0.802. The van der Waals surface area contributed by atoms with Crippen molar-refractivity contribution in [3.63, 3.8) is 0 Å². The molecule has 4 unspecified atom stereocenters. The first-order valence-corrected chi connectivity index (χ1v) is 10.8. The number of alkyl carbamates (subject to hydrolysis) is 1. The summed E-state index contributed by atoms with van der Waals surface area (Å²) in [5, 5.41) is 11.2. The third-order valence-corrected chi connectivity index (χ3v) is 4.83. The van der Waals surface area contributed by atoms with E-state index < -0.39 is 44.8 Å². The van der Waals surface area contributed by atoms with Crippen LogP contribution in [-0.2, 0) is 28.2 Å². The van der Waals surface area contributed by atoms with Crippen LogP contribution in [0.3, 0.4) is 0 Å². The zero-order chi connectivity index (χ0) is 21.8. The molecule has 0 spiro atoms. The fourth-order valence-corrected chi connectivity index (χ4v) is 2.93. The van der Waals surface area contributed by atoms with Gasteiger partial charge in [-0.25, -0.2) is 9.59 Å². The van der Waals surface area contributed by atoms with Gasteiger partial charge in [-0.2, -0.15) is 0 Å². The van der Waals surface area contributed by atoms with Gasteiger partial charge in [-0.05, 0) is 16.0 Å². The number of nitrogens with one attached hydrogen (secondary N) is 1. The summed E-state index contributed by atoms with van der Waals surface area (Å²) in [6, 6.07) is 7.87. The summed E-state index contributed by atoms with van der Waals surface area (Å²) in [6.45, 7) is 4.47. The molecule has 0 aliphatic carbocycles. The Morgan fingerprint density at radius 2 is 1.83 bits per heavy atom. The van der Waals surface area contributed by atoms with Crippen LogP contribution >= 0.6 is 8.03 Å². The fourth-order valence-electron chi connectivity index (χ4n) is 2.56. The quantitative estimate of drug-likeness (QED) is 0.295. The first-order chi connectivity index (χ1) is 13.8. The average Bonchev–Trinajstić information content (AvgIpc) is 2.67. The number of carbonyl (C=O) groups is 3. The first kappa shape index (κ1) is 24.5. The lowest BCUT2D eigenvalue weighted by Crippen LogP contribution is -2.42. The van der Waals surface area contributed by atoms with Crippen molar-refractivity contribution >= 4 is 26.1 Å². The van der Waals surface area contributed by atoms with Crippen LogP contribution in [0.4, 0.5) is 4.79 Å². The zero-order valence-electron chi connectivity index (χ0n) is 16.7. The first-order valence-electron chi connectivity index (χ1n) is 9.17. The number of carbonyl (C=O) groups excluding carboxylic acids is 2. The van der Waals surface area contributed by atoms with Gasteiger partial charge in [-0.3, -0.25) is 4.79 Å². The molecule has 10 heteroatoms. The average molecular weight is 428 g/mol. The minimum absolute atomic E-state index is 0.0141. The monoisotopic (exact) mass is 428 g/mol. The number of aliphatic carboxylic acids is 1. The van der Waals surface area contributed by atoms with E-state index in [-0.39, 0.29) is 18.9 Å². The molecule has 0 saturated carbocycles. The molecule has 0 radical (unpaired) electrons. The van der Waals surface area contributed by atoms with E-state index in [1.54, 1.807) is 0 Å². The van der Waals surface area contributed by atoms with Gasteiger partial charge in [0, 0.05) is 6.42 Å². The summed E-state index contributed by atoms with van der Waals surface area (Å²) in [5.74, 6) is -2.32. The van der Waals surface area contributed by atoms with Crippen molar-refractivity contribution in [3.8, 4) is 0 Å². The second-order valence-electron chi connectivity index (χ2n) is 6.38. The Morgan fingerprint density at radius 3 is 2.38 bits per heavy atom. The molecule has 9 nitrogen and oxygen atoms in total. The van der Waals surface area contributed by atoms with Crippen LogP contribution in [0.15, 0.2) is 30.3 Å². The van der Waals surface area contributed by atoms with Crippen molar-refractivity contribution in [2.75, 3.05) is 20.1 Å². The van der Waals surface area contributed by atoms with Crippen LogP contribution < -0.4 is 5.32 Å². The van der Waals surface area contributed by atoms with Crippen LogP contribution in [0.5, 0.6) is 0 Å². The van der Waals surface area contributed by atoms with Gasteiger partial charge in [0.1, 0.15) is 12.6 Å². The van der Waals surface area contributed by atoms with Crippen molar-refractivity contribution in [2.24, 2.45) is 5.92 Å². The maximum atomic E-state index is 12.5. The lowest BCUT2D eigenvalue weighted by atomic mass is 9.86. The molecule has 0 bridgehead atoms. The van der Waals surface area contributed by atoms with E-state index in [0.717, 1.165) is 12.0 Å². The molecule has 0 heterocycles. The van der Waals surface area contributed by atoms with Crippen molar-refractivity contribution < 1.29 is 38.1 Å². The van der Waals surface area contributed by atoms with E-state index >= 15 is 0 Å². The highest BCUT2D eigenvalue weighted by molar-refractivity contribution is 7.38. The van der Waals surface area contributed by atoms with E-state index in [1.165, 1.54) is 6.66 Å². The molecule has 160 valence electrons. The van der Waals surface area contributed by atoms with Crippen LogP contribution in [0, 0.1) is 5.92 Å². The Morgan fingerprint density at radius 1 is 1.17 bits per heavy atom. The molecule has 4 atom stereocenters. The Bertz CT molecular complexity index is 697. The highest BCUT2D eigenvalue weighted by atomic mass is 31.1. The fraction of sp³-hybridized carbons (Fsp3) is 0.526. The topological polar surface area (TPSA) is 128 Å². The third-order valence-electron chi connectivity index (χ3n) is 4.29. The minimum Gasteiger partial charge on any atom is -0.480 e. The number of carboxylic acids is 1. The third kappa shape index (κ3) is 9.02. The summed E-state index contributed by atoms with van der Waals surface area (Å²) < 4.78 is 25.5.